The minimum absolute atomic E-state index is 0.155. The zero-order valence-electron chi connectivity index (χ0n) is 14.7. The Morgan fingerprint density at radius 1 is 1.36 bits per heavy atom. The number of rotatable bonds is 5. The van der Waals surface area contributed by atoms with E-state index < -0.39 is 0 Å². The molecule has 2 aliphatic rings. The summed E-state index contributed by atoms with van der Waals surface area (Å²) in [4.78, 5) is 14.5. The lowest BCUT2D eigenvalue weighted by atomic mass is 9.79. The molecule has 0 spiro atoms. The van der Waals surface area contributed by atoms with E-state index in [1.165, 1.54) is 0 Å². The summed E-state index contributed by atoms with van der Waals surface area (Å²) in [6, 6.07) is 5.51. The van der Waals surface area contributed by atoms with Gasteiger partial charge >= 0.3 is 0 Å². The summed E-state index contributed by atoms with van der Waals surface area (Å²) < 4.78 is 5.15. The number of benzene rings is 1. The maximum atomic E-state index is 12.6. The number of hydrogen-bond donors (Lipinski definition) is 2. The van der Waals surface area contributed by atoms with Crippen molar-refractivity contribution in [1.29, 1.82) is 0 Å². The van der Waals surface area contributed by atoms with Gasteiger partial charge in [0.05, 0.1) is 18.6 Å². The van der Waals surface area contributed by atoms with Crippen LogP contribution in [0.5, 0.6) is 5.75 Å². The highest BCUT2D eigenvalue weighted by Crippen LogP contribution is 2.32. The molecule has 3 rings (SSSR count). The number of carbonyl (C=O) groups excluding carboxylic acids is 1. The van der Waals surface area contributed by atoms with Crippen LogP contribution in [0.2, 0.25) is 5.02 Å². The Kier molecular flexibility index (Phi) is 6.20. The summed E-state index contributed by atoms with van der Waals surface area (Å²) in [7, 11) is 1.58. The Bertz CT molecular complexity index is 602. The zero-order valence-corrected chi connectivity index (χ0v) is 15.5. The first-order valence-electron chi connectivity index (χ1n) is 9.04. The van der Waals surface area contributed by atoms with E-state index in [1.807, 2.05) is 11.0 Å². The van der Waals surface area contributed by atoms with Gasteiger partial charge in [-0.05, 0) is 54.8 Å². The van der Waals surface area contributed by atoms with Crippen molar-refractivity contribution in [1.82, 2.24) is 10.2 Å². The van der Waals surface area contributed by atoms with Crippen molar-refractivity contribution >= 4 is 17.5 Å². The molecule has 0 aliphatic carbocycles. The third kappa shape index (κ3) is 4.27. The molecule has 1 aromatic carbocycles. The molecule has 25 heavy (non-hydrogen) atoms. The first-order valence-corrected chi connectivity index (χ1v) is 9.42. The van der Waals surface area contributed by atoms with Crippen LogP contribution in [-0.4, -0.2) is 55.8 Å². The van der Waals surface area contributed by atoms with Gasteiger partial charge in [-0.15, -0.1) is 0 Å². The summed E-state index contributed by atoms with van der Waals surface area (Å²) in [5, 5.41) is 13.4. The van der Waals surface area contributed by atoms with Gasteiger partial charge in [0.1, 0.15) is 5.75 Å². The molecule has 0 aromatic heterocycles. The SMILES string of the molecule is COc1ccc(CC(=O)N2CCC([C@@H]3CNC[C@H]3CO)CC2)cc1Cl. The summed E-state index contributed by atoms with van der Waals surface area (Å²) in [5.41, 5.74) is 0.915. The van der Waals surface area contributed by atoms with Gasteiger partial charge in [-0.1, -0.05) is 17.7 Å². The quantitative estimate of drug-likeness (QED) is 0.836. The van der Waals surface area contributed by atoms with Crippen LogP contribution in [0.4, 0.5) is 0 Å². The van der Waals surface area contributed by atoms with E-state index in [0.29, 0.717) is 34.9 Å². The van der Waals surface area contributed by atoms with E-state index in [-0.39, 0.29) is 12.5 Å². The monoisotopic (exact) mass is 366 g/mol. The van der Waals surface area contributed by atoms with Gasteiger partial charge < -0.3 is 20.1 Å². The van der Waals surface area contributed by atoms with E-state index in [0.717, 1.165) is 44.6 Å². The number of ether oxygens (including phenoxy) is 1. The first kappa shape index (κ1) is 18.5. The lowest BCUT2D eigenvalue weighted by Crippen LogP contribution is -2.42. The molecule has 2 heterocycles. The maximum Gasteiger partial charge on any atom is 0.226 e. The molecule has 5 nitrogen and oxygen atoms in total. The number of aliphatic hydroxyl groups is 1. The second-order valence-corrected chi connectivity index (χ2v) is 7.54. The molecule has 2 fully saturated rings. The van der Waals surface area contributed by atoms with Gasteiger partial charge in [-0.25, -0.2) is 0 Å². The van der Waals surface area contributed by atoms with E-state index in [9.17, 15) is 9.90 Å². The molecule has 0 unspecified atom stereocenters. The summed E-state index contributed by atoms with van der Waals surface area (Å²) in [5.74, 6) is 2.30. The van der Waals surface area contributed by atoms with Crippen LogP contribution in [0.3, 0.4) is 0 Å². The fourth-order valence-corrected chi connectivity index (χ4v) is 4.47. The molecule has 1 amide bonds. The summed E-state index contributed by atoms with van der Waals surface area (Å²) >= 11 is 6.14. The molecule has 0 bridgehead atoms. The Morgan fingerprint density at radius 2 is 2.12 bits per heavy atom. The molecule has 2 N–H and O–H groups in total. The van der Waals surface area contributed by atoms with Crippen molar-refractivity contribution in [3.05, 3.63) is 28.8 Å². The number of nitrogens with zero attached hydrogens (tertiary/aromatic N) is 1. The van der Waals surface area contributed by atoms with Crippen LogP contribution in [0.15, 0.2) is 18.2 Å². The zero-order chi connectivity index (χ0) is 17.8. The molecule has 2 atom stereocenters. The number of aliphatic hydroxyl groups excluding tert-OH is 1. The number of likely N-dealkylation sites (tertiary alicyclic amines) is 1. The first-order chi connectivity index (χ1) is 12.1. The van der Waals surface area contributed by atoms with Crippen molar-refractivity contribution in [3.63, 3.8) is 0 Å². The second kappa shape index (κ2) is 8.39. The highest BCUT2D eigenvalue weighted by Gasteiger charge is 2.35. The third-order valence-electron chi connectivity index (χ3n) is 5.70. The van der Waals surface area contributed by atoms with Crippen molar-refractivity contribution < 1.29 is 14.6 Å². The van der Waals surface area contributed by atoms with Gasteiger partial charge in [-0.3, -0.25) is 4.79 Å². The number of piperidine rings is 1. The molecule has 1 aromatic rings. The van der Waals surface area contributed by atoms with E-state index in [1.54, 1.807) is 19.2 Å². The van der Waals surface area contributed by atoms with Crippen LogP contribution in [0.1, 0.15) is 18.4 Å². The smallest absolute Gasteiger partial charge is 0.226 e. The lowest BCUT2D eigenvalue weighted by molar-refractivity contribution is -0.132. The highest BCUT2D eigenvalue weighted by molar-refractivity contribution is 6.32. The third-order valence-corrected chi connectivity index (χ3v) is 5.99. The molecule has 2 aliphatic heterocycles. The number of carbonyl (C=O) groups is 1. The predicted molar refractivity (Wildman–Crippen MR) is 97.9 cm³/mol. The van der Waals surface area contributed by atoms with Crippen molar-refractivity contribution in [2.24, 2.45) is 17.8 Å². The number of hydrogen-bond acceptors (Lipinski definition) is 4. The fraction of sp³-hybridized carbons (Fsp3) is 0.632. The van der Waals surface area contributed by atoms with E-state index >= 15 is 0 Å². The molecular formula is C19H27ClN2O3. The number of amides is 1. The molecule has 2 saturated heterocycles. The highest BCUT2D eigenvalue weighted by atomic mass is 35.5. The van der Waals surface area contributed by atoms with Gasteiger partial charge in [-0.2, -0.15) is 0 Å². The Balaban J connectivity index is 1.52. The van der Waals surface area contributed by atoms with Crippen LogP contribution in [0.25, 0.3) is 0 Å². The van der Waals surface area contributed by atoms with Crippen molar-refractivity contribution in [3.8, 4) is 5.75 Å². The standard InChI is InChI=1S/C19H27ClN2O3/c1-25-18-3-2-13(8-17(18)20)9-19(24)22-6-4-14(5-7-22)16-11-21-10-15(16)12-23/h2-3,8,14-16,21,23H,4-7,9-12H2,1H3/t15-,16-/m0/s1. The topological polar surface area (TPSA) is 61.8 Å². The maximum absolute atomic E-state index is 12.6. The predicted octanol–water partition coefficient (Wildman–Crippen LogP) is 1.96. The largest absolute Gasteiger partial charge is 0.495 e. The summed E-state index contributed by atoms with van der Waals surface area (Å²) in [6.45, 7) is 3.78. The fourth-order valence-electron chi connectivity index (χ4n) is 4.19. The number of nitrogens with one attached hydrogen (secondary N) is 1. The minimum Gasteiger partial charge on any atom is -0.495 e. The lowest BCUT2D eigenvalue weighted by Gasteiger charge is -2.36. The van der Waals surface area contributed by atoms with Gasteiger partial charge in [0, 0.05) is 26.2 Å². The van der Waals surface area contributed by atoms with Gasteiger partial charge in [0.2, 0.25) is 5.91 Å². The van der Waals surface area contributed by atoms with Crippen molar-refractivity contribution in [2.75, 3.05) is 39.9 Å². The Morgan fingerprint density at radius 3 is 2.76 bits per heavy atom. The second-order valence-electron chi connectivity index (χ2n) is 7.13. The molecule has 6 heteroatoms. The molecule has 0 saturated carbocycles. The minimum atomic E-state index is 0.155. The Labute approximate surface area is 154 Å². The van der Waals surface area contributed by atoms with Gasteiger partial charge in [0.15, 0.2) is 0 Å². The van der Waals surface area contributed by atoms with E-state index in [2.05, 4.69) is 5.32 Å². The normalized spacial score (nSPS) is 24.5. The Hall–Kier alpha value is -1.30. The average molecular weight is 367 g/mol. The van der Waals surface area contributed by atoms with E-state index in [4.69, 9.17) is 16.3 Å². The van der Waals surface area contributed by atoms with Crippen LogP contribution in [0, 0.1) is 17.8 Å². The summed E-state index contributed by atoms with van der Waals surface area (Å²) in [6.07, 6.45) is 2.43. The number of halogens is 1. The van der Waals surface area contributed by atoms with Crippen molar-refractivity contribution in [2.45, 2.75) is 19.3 Å². The molecular weight excluding hydrogens is 340 g/mol. The van der Waals surface area contributed by atoms with Crippen LogP contribution in [-0.2, 0) is 11.2 Å². The molecule has 138 valence electrons. The average Bonchev–Trinajstić information content (AvgIpc) is 3.11. The number of methoxy groups -OCH3 is 1. The van der Waals surface area contributed by atoms with Crippen LogP contribution < -0.4 is 10.1 Å². The molecule has 0 radical (unpaired) electrons. The van der Waals surface area contributed by atoms with Gasteiger partial charge in [0.25, 0.3) is 0 Å². The van der Waals surface area contributed by atoms with Crippen LogP contribution >= 0.6 is 11.6 Å².